The molecule has 5 nitrogen and oxygen atoms in total. The summed E-state index contributed by atoms with van der Waals surface area (Å²) in [6, 6.07) is 7.95. The average Bonchev–Trinajstić information content (AvgIpc) is 2.88. The van der Waals surface area contributed by atoms with Gasteiger partial charge in [-0.25, -0.2) is 0 Å². The van der Waals surface area contributed by atoms with E-state index in [4.69, 9.17) is 11.6 Å². The Labute approximate surface area is 156 Å². The summed E-state index contributed by atoms with van der Waals surface area (Å²) in [6.45, 7) is 5.32. The van der Waals surface area contributed by atoms with Gasteiger partial charge in [0.15, 0.2) is 11.5 Å². The smallest absolute Gasteiger partial charge is 0.294 e. The molecule has 6 heteroatoms. The second-order valence-electron chi connectivity index (χ2n) is 6.58. The first-order chi connectivity index (χ1) is 12.3. The second kappa shape index (κ2) is 6.92. The highest BCUT2D eigenvalue weighted by atomic mass is 35.5. The van der Waals surface area contributed by atoms with Gasteiger partial charge in [0.25, 0.3) is 5.91 Å². The fourth-order valence-electron chi connectivity index (χ4n) is 3.11. The van der Waals surface area contributed by atoms with Crippen molar-refractivity contribution >= 4 is 29.0 Å². The van der Waals surface area contributed by atoms with Gasteiger partial charge in [-0.1, -0.05) is 37.6 Å². The van der Waals surface area contributed by atoms with Crippen molar-refractivity contribution in [3.63, 3.8) is 0 Å². The number of rotatable bonds is 4. The fraction of sp³-hybridized carbons (Fsp3) is 0.250. The van der Waals surface area contributed by atoms with Gasteiger partial charge in [0, 0.05) is 29.0 Å². The molecule has 26 heavy (non-hydrogen) atoms. The first-order valence-corrected chi connectivity index (χ1v) is 8.67. The lowest BCUT2D eigenvalue weighted by Gasteiger charge is -2.28. The number of pyridine rings is 1. The predicted octanol–water partition coefficient (Wildman–Crippen LogP) is 4.17. The summed E-state index contributed by atoms with van der Waals surface area (Å²) in [5.74, 6) is -1.77. The highest BCUT2D eigenvalue weighted by Gasteiger charge is 2.45. The quantitative estimate of drug-likeness (QED) is 0.876. The molecule has 2 aromatic rings. The number of hydrogen-bond acceptors (Lipinski definition) is 4. The molecule has 1 aromatic carbocycles. The first kappa shape index (κ1) is 18.1. The minimum atomic E-state index is -0.747. The minimum absolute atomic E-state index is 0.0948. The van der Waals surface area contributed by atoms with Crippen molar-refractivity contribution in [2.45, 2.75) is 26.8 Å². The predicted molar refractivity (Wildman–Crippen MR) is 100 cm³/mol. The molecule has 134 valence electrons. The number of Topliss-reactive ketones (excluding diaryl/α,β-unsaturated/α-hetero) is 1. The van der Waals surface area contributed by atoms with E-state index in [2.05, 4.69) is 4.98 Å². The number of anilines is 1. The molecule has 0 bridgehead atoms. The maximum Gasteiger partial charge on any atom is 0.294 e. The number of aryl methyl sites for hydroxylation is 1. The van der Waals surface area contributed by atoms with Gasteiger partial charge in [-0.2, -0.15) is 0 Å². The summed E-state index contributed by atoms with van der Waals surface area (Å²) < 4.78 is 0. The van der Waals surface area contributed by atoms with Crippen LogP contribution in [0.15, 0.2) is 54.1 Å². The third kappa shape index (κ3) is 2.99. The Morgan fingerprint density at radius 1 is 1.31 bits per heavy atom. The van der Waals surface area contributed by atoms with Crippen molar-refractivity contribution < 1.29 is 14.7 Å². The topological polar surface area (TPSA) is 70.5 Å². The number of carbonyl (C=O) groups is 2. The van der Waals surface area contributed by atoms with Crippen molar-refractivity contribution in [3.8, 4) is 0 Å². The van der Waals surface area contributed by atoms with E-state index >= 15 is 0 Å². The van der Waals surface area contributed by atoms with Gasteiger partial charge in [-0.15, -0.1) is 0 Å². The highest BCUT2D eigenvalue weighted by Crippen LogP contribution is 2.43. The molecule has 1 aliphatic rings. The van der Waals surface area contributed by atoms with Crippen LogP contribution in [-0.2, 0) is 9.59 Å². The number of amides is 1. The summed E-state index contributed by atoms with van der Waals surface area (Å²) in [5, 5.41) is 11.0. The Bertz CT molecular complexity index is 907. The fourth-order valence-corrected chi connectivity index (χ4v) is 3.28. The lowest BCUT2D eigenvalue weighted by atomic mass is 9.91. The van der Waals surface area contributed by atoms with Crippen molar-refractivity contribution in [1.82, 2.24) is 4.98 Å². The van der Waals surface area contributed by atoms with Gasteiger partial charge in [0.05, 0.1) is 11.6 Å². The number of ketones is 1. The summed E-state index contributed by atoms with van der Waals surface area (Å²) in [4.78, 5) is 31.2. The Balaban J connectivity index is 2.23. The average molecular weight is 371 g/mol. The van der Waals surface area contributed by atoms with Gasteiger partial charge in [0.2, 0.25) is 0 Å². The molecule has 0 saturated heterocycles. The number of hydrogen-bond donors (Lipinski definition) is 1. The molecule has 1 unspecified atom stereocenters. The molecule has 1 N–H and O–H groups in total. The molecule has 0 saturated carbocycles. The van der Waals surface area contributed by atoms with Gasteiger partial charge in [0.1, 0.15) is 0 Å². The molecular weight excluding hydrogens is 352 g/mol. The molecule has 2 heterocycles. The number of nitrogens with zero attached hydrogens (tertiary/aromatic N) is 2. The molecule has 1 amide bonds. The van der Waals surface area contributed by atoms with Crippen molar-refractivity contribution in [3.05, 3.63) is 70.2 Å². The third-order valence-electron chi connectivity index (χ3n) is 4.43. The summed E-state index contributed by atoms with van der Waals surface area (Å²) >= 11 is 6.13. The maximum absolute atomic E-state index is 12.9. The van der Waals surface area contributed by atoms with E-state index in [9.17, 15) is 14.7 Å². The van der Waals surface area contributed by atoms with Crippen LogP contribution in [0.25, 0.3) is 0 Å². The summed E-state index contributed by atoms with van der Waals surface area (Å²) in [5.41, 5.74) is 2.10. The zero-order valence-corrected chi connectivity index (χ0v) is 15.5. The standard InChI is InChI=1S/C20H19ClN2O3/c1-11(2)18(24)16-17(13-5-4-8-22-10-13)23(20(26)19(16)25)15-9-14(21)7-6-12(15)3/h4-11,17,25H,1-3H3. The van der Waals surface area contributed by atoms with Gasteiger partial charge < -0.3 is 5.11 Å². The maximum atomic E-state index is 12.9. The Morgan fingerprint density at radius 2 is 2.04 bits per heavy atom. The summed E-state index contributed by atoms with van der Waals surface area (Å²) in [6.07, 6.45) is 3.21. The second-order valence-corrected chi connectivity index (χ2v) is 7.01. The minimum Gasteiger partial charge on any atom is -0.503 e. The van der Waals surface area contributed by atoms with Crippen LogP contribution in [-0.4, -0.2) is 21.8 Å². The molecule has 0 spiro atoms. The first-order valence-electron chi connectivity index (χ1n) is 8.30. The molecular formula is C20H19ClN2O3. The van der Waals surface area contributed by atoms with Crippen molar-refractivity contribution in [1.29, 1.82) is 0 Å². The van der Waals surface area contributed by atoms with Crippen LogP contribution in [0.1, 0.15) is 31.0 Å². The van der Waals surface area contributed by atoms with E-state index in [1.807, 2.05) is 6.92 Å². The molecule has 1 atom stereocenters. The monoisotopic (exact) mass is 370 g/mol. The molecule has 0 radical (unpaired) electrons. The van der Waals surface area contributed by atoms with E-state index in [0.717, 1.165) is 5.56 Å². The van der Waals surface area contributed by atoms with E-state index in [-0.39, 0.29) is 17.3 Å². The number of benzene rings is 1. The van der Waals surface area contributed by atoms with Crippen LogP contribution in [0.2, 0.25) is 5.02 Å². The van der Waals surface area contributed by atoms with E-state index in [0.29, 0.717) is 16.3 Å². The lowest BCUT2D eigenvalue weighted by Crippen LogP contribution is -2.32. The SMILES string of the molecule is Cc1ccc(Cl)cc1N1C(=O)C(O)=C(C(=O)C(C)C)C1c1cccnc1. The van der Waals surface area contributed by atoms with Crippen LogP contribution < -0.4 is 4.90 Å². The van der Waals surface area contributed by atoms with Crippen LogP contribution in [0.3, 0.4) is 0 Å². The zero-order valence-electron chi connectivity index (χ0n) is 14.7. The lowest BCUT2D eigenvalue weighted by molar-refractivity contribution is -0.119. The van der Waals surface area contributed by atoms with E-state index in [1.54, 1.807) is 56.6 Å². The Hall–Kier alpha value is -2.66. The molecule has 0 fully saturated rings. The van der Waals surface area contributed by atoms with Crippen LogP contribution in [0.4, 0.5) is 5.69 Å². The van der Waals surface area contributed by atoms with Gasteiger partial charge >= 0.3 is 0 Å². The molecule has 1 aliphatic heterocycles. The van der Waals surface area contributed by atoms with Crippen molar-refractivity contribution in [2.75, 3.05) is 4.90 Å². The number of aliphatic hydroxyl groups is 1. The van der Waals surface area contributed by atoms with Crippen molar-refractivity contribution in [2.24, 2.45) is 5.92 Å². The zero-order chi connectivity index (χ0) is 19.0. The summed E-state index contributed by atoms with van der Waals surface area (Å²) in [7, 11) is 0. The largest absolute Gasteiger partial charge is 0.503 e. The third-order valence-corrected chi connectivity index (χ3v) is 4.66. The van der Waals surface area contributed by atoms with E-state index < -0.39 is 17.7 Å². The van der Waals surface area contributed by atoms with E-state index in [1.165, 1.54) is 4.90 Å². The molecule has 3 rings (SSSR count). The highest BCUT2D eigenvalue weighted by molar-refractivity contribution is 6.31. The van der Waals surface area contributed by atoms with Gasteiger partial charge in [-0.05, 0) is 36.2 Å². The normalized spacial score (nSPS) is 17.3. The number of carbonyl (C=O) groups excluding carboxylic acids is 2. The number of aliphatic hydroxyl groups excluding tert-OH is 1. The van der Waals surface area contributed by atoms with Gasteiger partial charge in [-0.3, -0.25) is 19.5 Å². The number of aromatic nitrogens is 1. The molecule has 0 aliphatic carbocycles. The Kier molecular flexibility index (Phi) is 4.83. The van der Waals surface area contributed by atoms with Crippen LogP contribution in [0, 0.1) is 12.8 Å². The Morgan fingerprint density at radius 3 is 2.65 bits per heavy atom. The van der Waals surface area contributed by atoms with Crippen LogP contribution in [0.5, 0.6) is 0 Å². The van der Waals surface area contributed by atoms with Crippen LogP contribution >= 0.6 is 11.6 Å². The number of halogens is 1. The molecule has 1 aromatic heterocycles.